The number of anilines is 1. The van der Waals surface area contributed by atoms with Crippen LogP contribution in [0.4, 0.5) is 5.69 Å². The van der Waals surface area contributed by atoms with Gasteiger partial charge in [-0.2, -0.15) is 0 Å². The van der Waals surface area contributed by atoms with E-state index in [4.69, 9.17) is 23.2 Å². The molecule has 7 nitrogen and oxygen atoms in total. The first-order valence-electron chi connectivity index (χ1n) is 11.4. The lowest BCUT2D eigenvalue weighted by atomic mass is 10.1. The Morgan fingerprint density at radius 1 is 1.00 bits per heavy atom. The molecule has 192 valence electrons. The Bertz CT molecular complexity index is 1130. The molecule has 0 aliphatic carbocycles. The van der Waals surface area contributed by atoms with Crippen LogP contribution in [-0.4, -0.2) is 50.5 Å². The molecule has 2 aromatic rings. The fourth-order valence-electron chi connectivity index (χ4n) is 3.54. The van der Waals surface area contributed by atoms with Gasteiger partial charge in [-0.15, -0.1) is 0 Å². The summed E-state index contributed by atoms with van der Waals surface area (Å²) in [6, 6.07) is 11.1. The summed E-state index contributed by atoms with van der Waals surface area (Å²) < 4.78 is 26.6. The molecule has 1 atom stereocenters. The highest BCUT2D eigenvalue weighted by Gasteiger charge is 2.31. The second-order valence-electron chi connectivity index (χ2n) is 8.79. The van der Waals surface area contributed by atoms with Gasteiger partial charge in [-0.25, -0.2) is 8.42 Å². The minimum absolute atomic E-state index is 0.0549. The van der Waals surface area contributed by atoms with E-state index in [1.807, 2.05) is 32.9 Å². The van der Waals surface area contributed by atoms with Crippen molar-refractivity contribution < 1.29 is 18.0 Å². The molecule has 2 amide bonds. The van der Waals surface area contributed by atoms with E-state index in [0.29, 0.717) is 34.3 Å². The fourth-order valence-corrected chi connectivity index (χ4v) is 4.93. The first kappa shape index (κ1) is 28.9. The molecule has 0 aromatic heterocycles. The van der Waals surface area contributed by atoms with Crippen molar-refractivity contribution in [2.45, 2.75) is 46.7 Å². The third-order valence-corrected chi connectivity index (χ3v) is 7.40. The van der Waals surface area contributed by atoms with Crippen LogP contribution < -0.4 is 9.62 Å². The van der Waals surface area contributed by atoms with Crippen molar-refractivity contribution in [1.29, 1.82) is 0 Å². The van der Waals surface area contributed by atoms with Gasteiger partial charge in [0.15, 0.2) is 0 Å². The Balaban J connectivity index is 2.46. The monoisotopic (exact) mass is 541 g/mol. The Hall–Kier alpha value is -2.29. The van der Waals surface area contributed by atoms with Crippen molar-refractivity contribution in [1.82, 2.24) is 10.2 Å². The number of aryl methyl sites for hydroxylation is 1. The Kier molecular flexibility index (Phi) is 10.4. The number of halogens is 2. The number of hydrogen-bond donors (Lipinski definition) is 1. The molecule has 0 saturated heterocycles. The molecular weight excluding hydrogens is 509 g/mol. The molecule has 0 aliphatic rings. The molecule has 2 aromatic carbocycles. The number of amides is 2. The molecule has 0 spiro atoms. The van der Waals surface area contributed by atoms with Gasteiger partial charge >= 0.3 is 0 Å². The number of carbonyl (C=O) groups excluding carboxylic acids is 2. The second kappa shape index (κ2) is 12.6. The number of sulfonamides is 1. The lowest BCUT2D eigenvalue weighted by Crippen LogP contribution is -2.51. The lowest BCUT2D eigenvalue weighted by Gasteiger charge is -2.32. The average molecular weight is 543 g/mol. The van der Waals surface area contributed by atoms with Crippen molar-refractivity contribution >= 4 is 50.7 Å². The number of carbonyl (C=O) groups is 2. The summed E-state index contributed by atoms with van der Waals surface area (Å²) in [6.45, 7) is 7.36. The van der Waals surface area contributed by atoms with Crippen LogP contribution in [-0.2, 0) is 32.6 Å². The standard InChI is InChI=1S/C25H33Cl2N3O4S/c1-6-19-10-7-8-13-23(19)30(35(5,33)34)16-24(31)29(18(4)25(32)28-14-17(2)3)15-20-21(26)11-9-12-22(20)27/h7-13,17-18H,6,14-16H2,1-5H3,(H,28,32)/t18-/m1/s1. The van der Waals surface area contributed by atoms with Crippen molar-refractivity contribution in [3.63, 3.8) is 0 Å². The van der Waals surface area contributed by atoms with Gasteiger partial charge in [0.1, 0.15) is 12.6 Å². The van der Waals surface area contributed by atoms with Gasteiger partial charge < -0.3 is 10.2 Å². The zero-order valence-electron chi connectivity index (χ0n) is 20.7. The second-order valence-corrected chi connectivity index (χ2v) is 11.5. The maximum absolute atomic E-state index is 13.6. The zero-order valence-corrected chi connectivity index (χ0v) is 23.0. The van der Waals surface area contributed by atoms with E-state index in [2.05, 4.69) is 5.32 Å². The molecule has 0 heterocycles. The molecule has 0 saturated carbocycles. The predicted octanol–water partition coefficient (Wildman–Crippen LogP) is 4.51. The summed E-state index contributed by atoms with van der Waals surface area (Å²) in [4.78, 5) is 27.9. The smallest absolute Gasteiger partial charge is 0.244 e. The van der Waals surface area contributed by atoms with E-state index in [9.17, 15) is 18.0 Å². The van der Waals surface area contributed by atoms with Crippen LogP contribution in [0.1, 0.15) is 38.8 Å². The quantitative estimate of drug-likeness (QED) is 0.453. The normalized spacial score (nSPS) is 12.3. The highest BCUT2D eigenvalue weighted by molar-refractivity contribution is 7.92. The number of nitrogens with zero attached hydrogens (tertiary/aromatic N) is 2. The van der Waals surface area contributed by atoms with E-state index in [1.54, 1.807) is 37.3 Å². The summed E-state index contributed by atoms with van der Waals surface area (Å²) in [5.41, 5.74) is 1.69. The van der Waals surface area contributed by atoms with E-state index in [1.165, 1.54) is 4.90 Å². The SMILES string of the molecule is CCc1ccccc1N(CC(=O)N(Cc1c(Cl)cccc1Cl)[C@H](C)C(=O)NCC(C)C)S(C)(=O)=O. The first-order chi connectivity index (χ1) is 16.4. The van der Waals surface area contributed by atoms with E-state index in [0.717, 1.165) is 16.1 Å². The lowest BCUT2D eigenvalue weighted by molar-refractivity contribution is -0.139. The maximum atomic E-state index is 13.6. The number of para-hydroxylation sites is 1. The van der Waals surface area contributed by atoms with Crippen molar-refractivity contribution in [2.75, 3.05) is 23.7 Å². The van der Waals surface area contributed by atoms with Gasteiger partial charge in [0.2, 0.25) is 21.8 Å². The highest BCUT2D eigenvalue weighted by atomic mass is 35.5. The van der Waals surface area contributed by atoms with Crippen LogP contribution in [0, 0.1) is 5.92 Å². The van der Waals surface area contributed by atoms with Crippen LogP contribution in [0.15, 0.2) is 42.5 Å². The highest BCUT2D eigenvalue weighted by Crippen LogP contribution is 2.28. The van der Waals surface area contributed by atoms with Crippen LogP contribution in [0.25, 0.3) is 0 Å². The summed E-state index contributed by atoms with van der Waals surface area (Å²) in [5, 5.41) is 3.53. The number of rotatable bonds is 11. The number of benzene rings is 2. The van der Waals surface area contributed by atoms with Crippen LogP contribution in [0.3, 0.4) is 0 Å². The van der Waals surface area contributed by atoms with Crippen molar-refractivity contribution in [2.24, 2.45) is 5.92 Å². The van der Waals surface area contributed by atoms with Gasteiger partial charge in [0.25, 0.3) is 0 Å². The molecule has 1 N–H and O–H groups in total. The van der Waals surface area contributed by atoms with Crippen molar-refractivity contribution in [3.05, 3.63) is 63.6 Å². The van der Waals surface area contributed by atoms with E-state index < -0.39 is 28.5 Å². The summed E-state index contributed by atoms with van der Waals surface area (Å²) in [5.74, 6) is -0.681. The molecule has 0 fully saturated rings. The maximum Gasteiger partial charge on any atom is 0.244 e. The topological polar surface area (TPSA) is 86.8 Å². The fraction of sp³-hybridized carbons (Fsp3) is 0.440. The molecule has 2 rings (SSSR count). The molecule has 0 unspecified atom stereocenters. The van der Waals surface area contributed by atoms with Gasteiger partial charge in [-0.05, 0) is 43.0 Å². The first-order valence-corrected chi connectivity index (χ1v) is 14.0. The summed E-state index contributed by atoms with van der Waals surface area (Å²) in [6.07, 6.45) is 1.64. The Morgan fingerprint density at radius 2 is 1.60 bits per heavy atom. The number of hydrogen-bond acceptors (Lipinski definition) is 4. The van der Waals surface area contributed by atoms with E-state index >= 15 is 0 Å². The van der Waals surface area contributed by atoms with Gasteiger partial charge in [0.05, 0.1) is 11.9 Å². The molecular formula is C25H33Cl2N3O4S. The molecule has 10 heteroatoms. The Labute approximate surface area is 218 Å². The molecule has 35 heavy (non-hydrogen) atoms. The predicted molar refractivity (Wildman–Crippen MR) is 142 cm³/mol. The third kappa shape index (κ3) is 7.85. The van der Waals surface area contributed by atoms with Gasteiger partial charge in [-0.1, -0.05) is 68.2 Å². The molecule has 0 radical (unpaired) electrons. The van der Waals surface area contributed by atoms with Crippen LogP contribution in [0.5, 0.6) is 0 Å². The third-order valence-electron chi connectivity index (χ3n) is 5.56. The van der Waals surface area contributed by atoms with Gasteiger partial charge in [-0.3, -0.25) is 13.9 Å². The Morgan fingerprint density at radius 3 is 2.14 bits per heavy atom. The van der Waals surface area contributed by atoms with Crippen LogP contribution in [0.2, 0.25) is 10.0 Å². The number of nitrogens with one attached hydrogen (secondary N) is 1. The largest absolute Gasteiger partial charge is 0.354 e. The van der Waals surface area contributed by atoms with Crippen LogP contribution >= 0.6 is 23.2 Å². The van der Waals surface area contributed by atoms with E-state index in [-0.39, 0.29) is 18.4 Å². The summed E-state index contributed by atoms with van der Waals surface area (Å²) >= 11 is 12.7. The minimum atomic E-state index is -3.80. The van der Waals surface area contributed by atoms with Crippen molar-refractivity contribution in [3.8, 4) is 0 Å². The summed E-state index contributed by atoms with van der Waals surface area (Å²) in [7, 11) is -3.80. The zero-order chi connectivity index (χ0) is 26.3. The average Bonchev–Trinajstić information content (AvgIpc) is 2.79. The minimum Gasteiger partial charge on any atom is -0.354 e. The molecule has 0 aliphatic heterocycles. The molecule has 0 bridgehead atoms. The van der Waals surface area contributed by atoms with Gasteiger partial charge in [0, 0.05) is 28.7 Å².